The van der Waals surface area contributed by atoms with Crippen LogP contribution in [0, 0.1) is 28.5 Å². The molecule has 4 aromatic carbocycles. The van der Waals surface area contributed by atoms with Crippen molar-refractivity contribution in [3.05, 3.63) is 108 Å². The number of hydrogen-bond acceptors (Lipinski definition) is 6. The first kappa shape index (κ1) is 23.9. The molecule has 4 aromatic rings. The lowest BCUT2D eigenvalue weighted by Gasteiger charge is -2.09. The van der Waals surface area contributed by atoms with E-state index in [0.29, 0.717) is 33.4 Å². The number of hydrogen-bond donors (Lipinski definition) is 0. The normalized spacial score (nSPS) is 10.1. The number of carbonyl (C=O) groups is 2. The average molecular weight is 476 g/mol. The van der Waals surface area contributed by atoms with E-state index in [1.807, 2.05) is 12.1 Å². The molecule has 0 amide bonds. The molecule has 6 nitrogen and oxygen atoms in total. The van der Waals surface area contributed by atoms with Gasteiger partial charge in [-0.15, -0.1) is 0 Å². The summed E-state index contributed by atoms with van der Waals surface area (Å²) < 4.78 is 25.0. The average Bonchev–Trinajstić information content (AvgIpc) is 2.89. The molecule has 0 aromatic heterocycles. The van der Waals surface area contributed by atoms with Crippen molar-refractivity contribution in [2.75, 3.05) is 0 Å². The Morgan fingerprint density at radius 1 is 0.639 bits per heavy atom. The van der Waals surface area contributed by atoms with Crippen LogP contribution in [0.4, 0.5) is 4.39 Å². The van der Waals surface area contributed by atoms with Crippen molar-refractivity contribution in [2.24, 2.45) is 0 Å². The molecule has 0 saturated carbocycles. The SMILES string of the molecule is N#Cc1ccc(OC(=O)CC(=O)Oc2ccc(-c3ccc(-c4ccc(C#N)cc4)c(F)c3)cc2)cc1. The molecule has 0 saturated heterocycles. The lowest BCUT2D eigenvalue weighted by atomic mass is 9.99. The fourth-order valence-corrected chi connectivity index (χ4v) is 3.42. The van der Waals surface area contributed by atoms with Gasteiger partial charge in [0.25, 0.3) is 0 Å². The number of esters is 2. The van der Waals surface area contributed by atoms with E-state index in [2.05, 4.69) is 0 Å². The second-order valence-corrected chi connectivity index (χ2v) is 7.67. The summed E-state index contributed by atoms with van der Waals surface area (Å²) in [4.78, 5) is 24.1. The maximum atomic E-state index is 14.8. The van der Waals surface area contributed by atoms with Crippen molar-refractivity contribution in [3.63, 3.8) is 0 Å². The Balaban J connectivity index is 1.36. The Morgan fingerprint density at radius 2 is 1.08 bits per heavy atom. The van der Waals surface area contributed by atoms with Gasteiger partial charge in [-0.25, -0.2) is 4.39 Å². The molecule has 36 heavy (non-hydrogen) atoms. The van der Waals surface area contributed by atoms with Crippen molar-refractivity contribution in [1.29, 1.82) is 10.5 Å². The molecule has 0 atom stereocenters. The molecule has 174 valence electrons. The number of nitrogens with zero attached hydrogens (tertiary/aromatic N) is 2. The molecule has 0 heterocycles. The van der Waals surface area contributed by atoms with Crippen molar-refractivity contribution in [2.45, 2.75) is 6.42 Å². The Labute approximate surface area is 206 Å². The summed E-state index contributed by atoms with van der Waals surface area (Å²) in [7, 11) is 0. The highest BCUT2D eigenvalue weighted by Gasteiger charge is 2.15. The van der Waals surface area contributed by atoms with Crippen molar-refractivity contribution in [3.8, 4) is 45.9 Å². The number of rotatable bonds is 6. The van der Waals surface area contributed by atoms with Crippen LogP contribution in [0.5, 0.6) is 11.5 Å². The minimum atomic E-state index is -0.792. The zero-order chi connectivity index (χ0) is 25.5. The Bertz CT molecular complexity index is 1500. The van der Waals surface area contributed by atoms with Gasteiger partial charge in [0, 0.05) is 5.56 Å². The summed E-state index contributed by atoms with van der Waals surface area (Å²) >= 11 is 0. The Kier molecular flexibility index (Phi) is 7.14. The van der Waals surface area contributed by atoms with Crippen molar-refractivity contribution >= 4 is 11.9 Å². The third-order valence-electron chi connectivity index (χ3n) is 5.22. The molecule has 0 unspecified atom stereocenters. The number of benzene rings is 4. The zero-order valence-electron chi connectivity index (χ0n) is 18.8. The standard InChI is InChI=1S/C29H17FN2O4/c30-27-15-23(9-14-26(27)22-5-1-19(17-31)2-6-22)21-7-12-25(13-8-21)36-29(34)16-28(33)35-24-10-3-20(18-32)4-11-24/h1-15H,16H2. The number of carbonyl (C=O) groups excluding carboxylic acids is 2. The van der Waals surface area contributed by atoms with Gasteiger partial charge in [0.05, 0.1) is 23.3 Å². The molecule has 0 fully saturated rings. The van der Waals surface area contributed by atoms with E-state index in [9.17, 15) is 14.0 Å². The molecule has 0 bridgehead atoms. The number of ether oxygens (including phenoxy) is 2. The van der Waals surface area contributed by atoms with Gasteiger partial charge in [0.2, 0.25) is 0 Å². The quantitative estimate of drug-likeness (QED) is 0.198. The molecule has 4 rings (SSSR count). The lowest BCUT2D eigenvalue weighted by molar-refractivity contribution is -0.144. The molecule has 0 aliphatic heterocycles. The minimum absolute atomic E-state index is 0.216. The van der Waals surface area contributed by atoms with Gasteiger partial charge >= 0.3 is 11.9 Å². The lowest BCUT2D eigenvalue weighted by Crippen LogP contribution is -2.18. The van der Waals surface area contributed by atoms with Crippen molar-refractivity contribution < 1.29 is 23.5 Å². The van der Waals surface area contributed by atoms with Crippen LogP contribution in [0.2, 0.25) is 0 Å². The molecule has 0 N–H and O–H groups in total. The van der Waals surface area contributed by atoms with Crippen LogP contribution in [-0.2, 0) is 9.59 Å². The van der Waals surface area contributed by atoms with Crippen LogP contribution in [0.25, 0.3) is 22.3 Å². The van der Waals surface area contributed by atoms with Crippen LogP contribution in [0.1, 0.15) is 17.5 Å². The van der Waals surface area contributed by atoms with Crippen LogP contribution in [-0.4, -0.2) is 11.9 Å². The first-order valence-electron chi connectivity index (χ1n) is 10.8. The number of nitriles is 2. The van der Waals surface area contributed by atoms with Gasteiger partial charge in [0.1, 0.15) is 23.7 Å². The van der Waals surface area contributed by atoms with Crippen LogP contribution < -0.4 is 9.47 Å². The predicted octanol–water partition coefficient (Wildman–Crippen LogP) is 5.80. The van der Waals surface area contributed by atoms with E-state index < -0.39 is 24.2 Å². The van der Waals surface area contributed by atoms with Gasteiger partial charge in [-0.3, -0.25) is 9.59 Å². The molecular weight excluding hydrogens is 459 g/mol. The summed E-state index contributed by atoms with van der Waals surface area (Å²) in [6, 6.07) is 27.8. The summed E-state index contributed by atoms with van der Waals surface area (Å²) in [6.45, 7) is 0. The number of halogens is 1. The Hall–Kier alpha value is -5.27. The maximum absolute atomic E-state index is 14.8. The van der Waals surface area contributed by atoms with E-state index in [4.69, 9.17) is 20.0 Å². The van der Waals surface area contributed by atoms with Gasteiger partial charge in [0.15, 0.2) is 0 Å². The highest BCUT2D eigenvalue weighted by molar-refractivity contribution is 5.93. The van der Waals surface area contributed by atoms with Gasteiger partial charge < -0.3 is 9.47 Å². The summed E-state index contributed by atoms with van der Waals surface area (Å²) in [5, 5.41) is 17.7. The van der Waals surface area contributed by atoms with Crippen LogP contribution >= 0.6 is 0 Å². The minimum Gasteiger partial charge on any atom is -0.426 e. The molecule has 0 radical (unpaired) electrons. The second kappa shape index (κ2) is 10.8. The maximum Gasteiger partial charge on any atom is 0.322 e. The van der Waals surface area contributed by atoms with Gasteiger partial charge in [-0.1, -0.05) is 36.4 Å². The van der Waals surface area contributed by atoms with Gasteiger partial charge in [-0.2, -0.15) is 10.5 Å². The second-order valence-electron chi connectivity index (χ2n) is 7.67. The molecule has 0 spiro atoms. The summed E-state index contributed by atoms with van der Waals surface area (Å²) in [5.74, 6) is -1.55. The van der Waals surface area contributed by atoms with E-state index in [1.165, 1.54) is 30.3 Å². The predicted molar refractivity (Wildman–Crippen MR) is 129 cm³/mol. The van der Waals surface area contributed by atoms with E-state index in [0.717, 1.165) is 0 Å². The molecule has 0 aliphatic carbocycles. The monoisotopic (exact) mass is 476 g/mol. The van der Waals surface area contributed by atoms with E-state index in [1.54, 1.807) is 60.7 Å². The third-order valence-corrected chi connectivity index (χ3v) is 5.22. The van der Waals surface area contributed by atoms with Crippen LogP contribution in [0.3, 0.4) is 0 Å². The summed E-state index contributed by atoms with van der Waals surface area (Å²) in [5.41, 5.74) is 3.34. The fraction of sp³-hybridized carbons (Fsp3) is 0.0345. The molecule has 7 heteroatoms. The van der Waals surface area contributed by atoms with Crippen LogP contribution in [0.15, 0.2) is 91.0 Å². The smallest absolute Gasteiger partial charge is 0.322 e. The van der Waals surface area contributed by atoms with E-state index in [-0.39, 0.29) is 11.5 Å². The zero-order valence-corrected chi connectivity index (χ0v) is 18.8. The van der Waals surface area contributed by atoms with Crippen molar-refractivity contribution in [1.82, 2.24) is 0 Å². The topological polar surface area (TPSA) is 100 Å². The van der Waals surface area contributed by atoms with Gasteiger partial charge in [-0.05, 0) is 71.3 Å². The molecular formula is C29H17FN2O4. The van der Waals surface area contributed by atoms with E-state index >= 15 is 0 Å². The first-order chi connectivity index (χ1) is 17.4. The third kappa shape index (κ3) is 5.80. The Morgan fingerprint density at radius 3 is 1.58 bits per heavy atom. The fourth-order valence-electron chi connectivity index (χ4n) is 3.42. The molecule has 0 aliphatic rings. The first-order valence-corrected chi connectivity index (χ1v) is 10.8. The summed E-state index contributed by atoms with van der Waals surface area (Å²) in [6.07, 6.45) is -0.593. The highest BCUT2D eigenvalue weighted by Crippen LogP contribution is 2.29. The highest BCUT2D eigenvalue weighted by atomic mass is 19.1. The largest absolute Gasteiger partial charge is 0.426 e.